The molecule has 0 radical (unpaired) electrons. The molecular formula is C22H19ClN2O2. The van der Waals surface area contributed by atoms with Crippen molar-refractivity contribution in [2.75, 3.05) is 4.90 Å². The van der Waals surface area contributed by atoms with E-state index < -0.39 is 0 Å². The van der Waals surface area contributed by atoms with E-state index in [-0.39, 0.29) is 24.5 Å². The van der Waals surface area contributed by atoms with Crippen LogP contribution in [0.4, 0.5) is 5.69 Å². The molecule has 0 aliphatic heterocycles. The Morgan fingerprint density at radius 2 is 1.74 bits per heavy atom. The van der Waals surface area contributed by atoms with Crippen molar-refractivity contribution in [3.63, 3.8) is 0 Å². The summed E-state index contributed by atoms with van der Waals surface area (Å²) < 4.78 is 0. The minimum absolute atomic E-state index is 0.0970. The number of carbonyl (C=O) groups excluding carboxylic acids is 2. The number of carbonyl (C=O) groups is 2. The third-order valence-electron chi connectivity index (χ3n) is 4.14. The zero-order valence-electron chi connectivity index (χ0n) is 14.7. The van der Waals surface area contributed by atoms with Gasteiger partial charge in [-0.3, -0.25) is 14.6 Å². The van der Waals surface area contributed by atoms with Crippen LogP contribution in [0.5, 0.6) is 0 Å². The van der Waals surface area contributed by atoms with Gasteiger partial charge in [0.15, 0.2) is 5.78 Å². The summed E-state index contributed by atoms with van der Waals surface area (Å²) in [6.07, 6.45) is 3.69. The molecule has 0 spiro atoms. The van der Waals surface area contributed by atoms with Crippen LogP contribution in [0.3, 0.4) is 0 Å². The number of hydrogen-bond acceptors (Lipinski definition) is 3. The van der Waals surface area contributed by atoms with E-state index in [9.17, 15) is 9.59 Å². The topological polar surface area (TPSA) is 50.3 Å². The molecule has 0 aliphatic rings. The average Bonchev–Trinajstić information content (AvgIpc) is 2.71. The molecule has 1 aromatic heterocycles. The molecule has 0 aliphatic carbocycles. The van der Waals surface area contributed by atoms with Gasteiger partial charge in [-0.25, -0.2) is 0 Å². The standard InChI is InChI=1S/C22H19ClN2O2/c23-19-8-4-7-18(14-19)21(26)11-12-22(27)25(20-9-2-1-3-10-20)16-17-6-5-13-24-15-17/h1-10,13-15H,11-12,16H2. The first-order valence-corrected chi connectivity index (χ1v) is 9.04. The molecule has 0 atom stereocenters. The molecule has 27 heavy (non-hydrogen) atoms. The Balaban J connectivity index is 1.72. The monoisotopic (exact) mass is 378 g/mol. The summed E-state index contributed by atoms with van der Waals surface area (Å²) in [6, 6.07) is 20.0. The molecule has 0 N–H and O–H groups in total. The Kier molecular flexibility index (Phi) is 6.34. The van der Waals surface area contributed by atoms with Crippen LogP contribution in [0, 0.1) is 0 Å². The van der Waals surface area contributed by atoms with E-state index in [2.05, 4.69) is 4.98 Å². The number of nitrogens with zero attached hydrogens (tertiary/aromatic N) is 2. The third-order valence-corrected chi connectivity index (χ3v) is 4.38. The van der Waals surface area contributed by atoms with Crippen molar-refractivity contribution in [2.24, 2.45) is 0 Å². The molecule has 0 fully saturated rings. The van der Waals surface area contributed by atoms with E-state index in [1.165, 1.54) is 0 Å². The molecule has 2 aromatic carbocycles. The molecule has 4 nitrogen and oxygen atoms in total. The van der Waals surface area contributed by atoms with Crippen LogP contribution in [0.2, 0.25) is 5.02 Å². The van der Waals surface area contributed by atoms with E-state index in [4.69, 9.17) is 11.6 Å². The molecule has 1 heterocycles. The van der Waals surface area contributed by atoms with Crippen molar-refractivity contribution in [1.29, 1.82) is 0 Å². The van der Waals surface area contributed by atoms with Gasteiger partial charge in [0.1, 0.15) is 0 Å². The Morgan fingerprint density at radius 3 is 2.44 bits per heavy atom. The highest BCUT2D eigenvalue weighted by molar-refractivity contribution is 6.31. The molecule has 3 rings (SSSR count). The van der Waals surface area contributed by atoms with Crippen LogP contribution >= 0.6 is 11.6 Å². The van der Waals surface area contributed by atoms with Gasteiger partial charge >= 0.3 is 0 Å². The predicted octanol–water partition coefficient (Wildman–Crippen LogP) is 4.93. The predicted molar refractivity (Wildman–Crippen MR) is 107 cm³/mol. The number of pyridine rings is 1. The van der Waals surface area contributed by atoms with Crippen LogP contribution in [-0.4, -0.2) is 16.7 Å². The normalized spacial score (nSPS) is 10.4. The summed E-state index contributed by atoms with van der Waals surface area (Å²) in [5, 5.41) is 0.509. The van der Waals surface area contributed by atoms with E-state index in [1.807, 2.05) is 42.5 Å². The lowest BCUT2D eigenvalue weighted by molar-refractivity contribution is -0.118. The number of ketones is 1. The van der Waals surface area contributed by atoms with Crippen molar-refractivity contribution in [3.05, 3.63) is 95.3 Å². The van der Waals surface area contributed by atoms with Crippen LogP contribution < -0.4 is 4.90 Å². The van der Waals surface area contributed by atoms with Crippen molar-refractivity contribution in [3.8, 4) is 0 Å². The zero-order valence-corrected chi connectivity index (χ0v) is 15.5. The second-order valence-corrected chi connectivity index (χ2v) is 6.55. The smallest absolute Gasteiger partial charge is 0.227 e. The molecule has 0 bridgehead atoms. The minimum Gasteiger partial charge on any atom is -0.308 e. The van der Waals surface area contributed by atoms with Crippen LogP contribution in [0.1, 0.15) is 28.8 Å². The van der Waals surface area contributed by atoms with Gasteiger partial charge < -0.3 is 4.90 Å². The number of halogens is 1. The second kappa shape index (κ2) is 9.10. The maximum Gasteiger partial charge on any atom is 0.227 e. The first kappa shape index (κ1) is 18.8. The third kappa shape index (κ3) is 5.25. The molecule has 0 saturated carbocycles. The summed E-state index contributed by atoms with van der Waals surface area (Å²) in [6.45, 7) is 0.405. The summed E-state index contributed by atoms with van der Waals surface area (Å²) in [4.78, 5) is 31.0. The maximum absolute atomic E-state index is 12.9. The quantitative estimate of drug-likeness (QED) is 0.547. The van der Waals surface area contributed by atoms with Gasteiger partial charge in [-0.05, 0) is 35.9 Å². The fourth-order valence-corrected chi connectivity index (χ4v) is 2.96. The highest BCUT2D eigenvalue weighted by Crippen LogP contribution is 2.19. The highest BCUT2D eigenvalue weighted by atomic mass is 35.5. The van der Waals surface area contributed by atoms with Gasteiger partial charge in [0.05, 0.1) is 6.54 Å². The Labute approximate surface area is 163 Å². The SMILES string of the molecule is O=C(CCC(=O)N(Cc1cccnc1)c1ccccc1)c1cccc(Cl)c1. The van der Waals surface area contributed by atoms with Gasteiger partial charge in [-0.15, -0.1) is 0 Å². The van der Waals surface area contributed by atoms with Gasteiger partial charge in [0.2, 0.25) is 5.91 Å². The lowest BCUT2D eigenvalue weighted by atomic mass is 10.1. The number of hydrogen-bond donors (Lipinski definition) is 0. The van der Waals surface area contributed by atoms with E-state index in [0.717, 1.165) is 11.3 Å². The van der Waals surface area contributed by atoms with E-state index in [0.29, 0.717) is 17.1 Å². The molecule has 0 saturated heterocycles. The largest absolute Gasteiger partial charge is 0.308 e. The molecule has 0 unspecified atom stereocenters. The number of amides is 1. The van der Waals surface area contributed by atoms with E-state index in [1.54, 1.807) is 41.6 Å². The summed E-state index contributed by atoms with van der Waals surface area (Å²) in [7, 11) is 0. The lowest BCUT2D eigenvalue weighted by Crippen LogP contribution is -2.30. The number of benzene rings is 2. The Morgan fingerprint density at radius 1 is 0.926 bits per heavy atom. The minimum atomic E-state index is -0.111. The number of para-hydroxylation sites is 1. The Bertz CT molecular complexity index is 914. The van der Waals surface area contributed by atoms with Crippen molar-refractivity contribution >= 4 is 29.0 Å². The van der Waals surface area contributed by atoms with Crippen molar-refractivity contribution in [2.45, 2.75) is 19.4 Å². The Hall–Kier alpha value is -2.98. The molecule has 3 aromatic rings. The first-order chi connectivity index (χ1) is 13.1. The zero-order chi connectivity index (χ0) is 19.1. The summed E-state index contributed by atoms with van der Waals surface area (Å²) in [5.41, 5.74) is 2.24. The van der Waals surface area contributed by atoms with Crippen LogP contribution in [0.25, 0.3) is 0 Å². The number of Topliss-reactive ketones (excluding diaryl/α,β-unsaturated/α-hetero) is 1. The summed E-state index contributed by atoms with van der Waals surface area (Å²) in [5.74, 6) is -0.208. The van der Waals surface area contributed by atoms with Crippen LogP contribution in [-0.2, 0) is 11.3 Å². The number of anilines is 1. The van der Waals surface area contributed by atoms with Crippen molar-refractivity contribution < 1.29 is 9.59 Å². The molecular weight excluding hydrogens is 360 g/mol. The number of aromatic nitrogens is 1. The van der Waals surface area contributed by atoms with Gasteiger partial charge in [0, 0.05) is 41.5 Å². The fraction of sp³-hybridized carbons (Fsp3) is 0.136. The molecule has 1 amide bonds. The average molecular weight is 379 g/mol. The van der Waals surface area contributed by atoms with Gasteiger partial charge in [-0.1, -0.05) is 48.0 Å². The van der Waals surface area contributed by atoms with Crippen LogP contribution in [0.15, 0.2) is 79.1 Å². The summed E-state index contributed by atoms with van der Waals surface area (Å²) >= 11 is 5.94. The second-order valence-electron chi connectivity index (χ2n) is 6.11. The van der Waals surface area contributed by atoms with Crippen molar-refractivity contribution in [1.82, 2.24) is 4.98 Å². The lowest BCUT2D eigenvalue weighted by Gasteiger charge is -2.23. The maximum atomic E-state index is 12.9. The molecule has 136 valence electrons. The van der Waals surface area contributed by atoms with E-state index >= 15 is 0 Å². The number of rotatable bonds is 7. The van der Waals surface area contributed by atoms with Gasteiger partial charge in [0.25, 0.3) is 0 Å². The molecule has 5 heteroatoms. The first-order valence-electron chi connectivity index (χ1n) is 8.66. The van der Waals surface area contributed by atoms with Gasteiger partial charge in [-0.2, -0.15) is 0 Å². The highest BCUT2D eigenvalue weighted by Gasteiger charge is 2.18. The fourth-order valence-electron chi connectivity index (χ4n) is 2.77.